The summed E-state index contributed by atoms with van der Waals surface area (Å²) in [5.41, 5.74) is 3.69. The molecule has 0 atom stereocenters. The number of esters is 2. The van der Waals surface area contributed by atoms with Crippen molar-refractivity contribution < 1.29 is 57.1 Å². The summed E-state index contributed by atoms with van der Waals surface area (Å²) in [4.78, 5) is 51.9. The third kappa shape index (κ3) is 10.5. The van der Waals surface area contributed by atoms with Gasteiger partial charge in [0.15, 0.2) is 28.8 Å². The molecule has 0 aliphatic heterocycles. The van der Waals surface area contributed by atoms with Crippen molar-refractivity contribution in [1.82, 2.24) is 0 Å². The van der Waals surface area contributed by atoms with Gasteiger partial charge >= 0.3 is 11.9 Å². The van der Waals surface area contributed by atoms with Crippen LogP contribution >= 0.6 is 0 Å². The fourth-order valence-corrected chi connectivity index (χ4v) is 6.07. The van der Waals surface area contributed by atoms with Gasteiger partial charge in [-0.25, -0.2) is 9.59 Å². The molecule has 0 aliphatic rings. The lowest BCUT2D eigenvalue weighted by Gasteiger charge is -2.14. The molecular weight excluding hydrogens is 795 g/mol. The summed E-state index contributed by atoms with van der Waals surface area (Å²) in [5.74, 6) is 7.31. The van der Waals surface area contributed by atoms with Gasteiger partial charge in [0.2, 0.25) is 0 Å². The third-order valence-corrected chi connectivity index (χ3v) is 9.37. The number of methoxy groups -OCH3 is 6. The molecule has 0 bridgehead atoms. The molecule has 314 valence electrons. The van der Waals surface area contributed by atoms with Crippen LogP contribution in [0.25, 0.3) is 0 Å². The minimum Gasteiger partial charge on any atom is -0.496 e. The van der Waals surface area contributed by atoms with Crippen LogP contribution < -0.4 is 43.2 Å². The first-order valence-electron chi connectivity index (χ1n) is 18.9. The zero-order chi connectivity index (χ0) is 44.2. The first kappa shape index (κ1) is 43.3. The number of Topliss-reactive ketones (excluding diaryl/α,β-unsaturated/α-hetero) is 1. The second-order valence-corrected chi connectivity index (χ2v) is 13.2. The zero-order valence-electron chi connectivity index (χ0n) is 34.7. The smallest absolute Gasteiger partial charge is 0.343 e. The molecule has 13 nitrogen and oxygen atoms in total. The Kier molecular flexibility index (Phi) is 14.1. The summed E-state index contributed by atoms with van der Waals surface area (Å²) >= 11 is 0. The second kappa shape index (κ2) is 20.1. The van der Waals surface area contributed by atoms with Crippen molar-refractivity contribution in [3.8, 4) is 57.8 Å². The molecule has 0 saturated heterocycles. The molecule has 0 aliphatic carbocycles. The van der Waals surface area contributed by atoms with E-state index in [4.69, 9.17) is 37.9 Å². The van der Waals surface area contributed by atoms with Gasteiger partial charge in [-0.3, -0.25) is 9.59 Å². The predicted molar refractivity (Wildman–Crippen MR) is 230 cm³/mol. The zero-order valence-corrected chi connectivity index (χ0v) is 34.7. The summed E-state index contributed by atoms with van der Waals surface area (Å²) in [6.45, 7) is 0. The lowest BCUT2D eigenvalue weighted by atomic mass is 10.0. The first-order valence-corrected chi connectivity index (χ1v) is 18.9. The molecule has 0 unspecified atom stereocenters. The van der Waals surface area contributed by atoms with Crippen LogP contribution in [0.15, 0.2) is 121 Å². The van der Waals surface area contributed by atoms with Gasteiger partial charge in [0.05, 0.1) is 64.9 Å². The van der Waals surface area contributed by atoms with Crippen molar-refractivity contribution >= 4 is 29.3 Å². The Morgan fingerprint density at radius 2 is 0.839 bits per heavy atom. The van der Waals surface area contributed by atoms with Gasteiger partial charge in [-0.1, -0.05) is 24.0 Å². The van der Waals surface area contributed by atoms with Crippen molar-refractivity contribution in [3.05, 3.63) is 160 Å². The van der Waals surface area contributed by atoms with E-state index in [2.05, 4.69) is 17.2 Å². The highest BCUT2D eigenvalue weighted by molar-refractivity contribution is 6.07. The molecule has 0 heterocycles. The largest absolute Gasteiger partial charge is 0.496 e. The molecule has 62 heavy (non-hydrogen) atoms. The molecule has 6 rings (SSSR count). The van der Waals surface area contributed by atoms with E-state index in [0.717, 1.165) is 0 Å². The van der Waals surface area contributed by atoms with Gasteiger partial charge < -0.3 is 43.2 Å². The Bertz CT molecular complexity index is 2460. The number of hydrogen-bond donors (Lipinski definition) is 1. The monoisotopic (exact) mass is 835 g/mol. The predicted octanol–water partition coefficient (Wildman–Crippen LogP) is 8.25. The van der Waals surface area contributed by atoms with Crippen LogP contribution in [0.4, 0.5) is 5.69 Å². The van der Waals surface area contributed by atoms with Crippen molar-refractivity contribution in [3.63, 3.8) is 0 Å². The van der Waals surface area contributed by atoms with Gasteiger partial charge in [-0.05, 0) is 96.6 Å². The number of anilines is 1. The Balaban J connectivity index is 0.988. The van der Waals surface area contributed by atoms with E-state index in [-0.39, 0.29) is 23.3 Å². The number of amides is 1. The van der Waals surface area contributed by atoms with Gasteiger partial charge in [0.1, 0.15) is 23.0 Å². The highest BCUT2D eigenvalue weighted by atomic mass is 16.5. The number of benzene rings is 6. The van der Waals surface area contributed by atoms with Crippen LogP contribution in [-0.2, 0) is 6.42 Å². The minimum atomic E-state index is -0.582. The quantitative estimate of drug-likeness (QED) is 0.0459. The van der Waals surface area contributed by atoms with E-state index in [0.29, 0.717) is 79.5 Å². The molecule has 0 aromatic heterocycles. The number of carbonyl (C=O) groups excluding carboxylic acids is 4. The van der Waals surface area contributed by atoms with Crippen molar-refractivity contribution in [2.24, 2.45) is 0 Å². The molecule has 0 spiro atoms. The molecule has 1 amide bonds. The maximum atomic E-state index is 13.2. The standard InChI is InChI=1S/C49H41NO12/c1-55-41-28-45(59-5)43(57-3)26-38(41)40(51)25-32-9-15-33(16-10-32)48(53)61-36-21-11-30(12-22-36)7-8-31-13-23-37(24-14-31)62-49(54)34-17-19-35(20-18-34)50-47(52)39-27-44(58-4)46(60-6)29-42(39)56-2/h9-24,26-29H,25H2,1-6H3,(H,50,52). The van der Waals surface area contributed by atoms with E-state index in [9.17, 15) is 19.2 Å². The number of ether oxygens (including phenoxy) is 8. The minimum absolute atomic E-state index is 0.0722. The molecule has 0 radical (unpaired) electrons. The lowest BCUT2D eigenvalue weighted by molar-refractivity contribution is 0.0725. The van der Waals surface area contributed by atoms with Gasteiger partial charge in [0, 0.05) is 41.4 Å². The summed E-state index contributed by atoms with van der Waals surface area (Å²) in [5, 5.41) is 2.78. The molecule has 0 fully saturated rings. The Morgan fingerprint density at radius 1 is 0.452 bits per heavy atom. The number of rotatable bonds is 15. The topological polar surface area (TPSA) is 154 Å². The summed E-state index contributed by atoms with van der Waals surface area (Å²) in [7, 11) is 8.87. The average Bonchev–Trinajstić information content (AvgIpc) is 3.31. The van der Waals surface area contributed by atoms with E-state index in [1.54, 1.807) is 115 Å². The lowest BCUT2D eigenvalue weighted by Crippen LogP contribution is -2.14. The van der Waals surface area contributed by atoms with Crippen LogP contribution in [0.2, 0.25) is 0 Å². The van der Waals surface area contributed by atoms with Crippen molar-refractivity contribution in [2.75, 3.05) is 48.0 Å². The Labute approximate surface area is 358 Å². The number of ketones is 1. The molecule has 6 aromatic carbocycles. The average molecular weight is 836 g/mol. The van der Waals surface area contributed by atoms with Crippen LogP contribution in [-0.4, -0.2) is 66.3 Å². The Hall–Kier alpha value is -8.24. The van der Waals surface area contributed by atoms with Gasteiger partial charge in [0.25, 0.3) is 5.91 Å². The van der Waals surface area contributed by atoms with Gasteiger partial charge in [-0.2, -0.15) is 0 Å². The molecule has 6 aromatic rings. The molecule has 0 saturated carbocycles. The number of carbonyl (C=O) groups is 4. The second-order valence-electron chi connectivity index (χ2n) is 13.2. The molecule has 13 heteroatoms. The number of nitrogens with one attached hydrogen (secondary N) is 1. The summed E-state index contributed by atoms with van der Waals surface area (Å²) in [6, 6.07) is 32.6. The highest BCUT2D eigenvalue weighted by Gasteiger charge is 2.20. The summed E-state index contributed by atoms with van der Waals surface area (Å²) < 4.78 is 43.1. The van der Waals surface area contributed by atoms with Crippen LogP contribution in [0, 0.1) is 11.8 Å². The van der Waals surface area contributed by atoms with E-state index < -0.39 is 17.8 Å². The maximum absolute atomic E-state index is 13.2. The molecule has 1 N–H and O–H groups in total. The van der Waals surface area contributed by atoms with Crippen LogP contribution in [0.1, 0.15) is 58.1 Å². The van der Waals surface area contributed by atoms with E-state index in [1.165, 1.54) is 48.7 Å². The fraction of sp³-hybridized carbons (Fsp3) is 0.143. The first-order chi connectivity index (χ1) is 30.0. The van der Waals surface area contributed by atoms with Crippen LogP contribution in [0.5, 0.6) is 46.0 Å². The third-order valence-electron chi connectivity index (χ3n) is 9.37. The molecular formula is C49H41NO12. The van der Waals surface area contributed by atoms with E-state index >= 15 is 0 Å². The maximum Gasteiger partial charge on any atom is 0.343 e. The van der Waals surface area contributed by atoms with E-state index in [1.807, 2.05) is 0 Å². The Morgan fingerprint density at radius 3 is 1.27 bits per heavy atom. The van der Waals surface area contributed by atoms with Gasteiger partial charge in [-0.15, -0.1) is 0 Å². The highest BCUT2D eigenvalue weighted by Crippen LogP contribution is 2.36. The van der Waals surface area contributed by atoms with Crippen molar-refractivity contribution in [1.29, 1.82) is 0 Å². The van der Waals surface area contributed by atoms with Crippen molar-refractivity contribution in [2.45, 2.75) is 6.42 Å². The summed E-state index contributed by atoms with van der Waals surface area (Å²) in [6.07, 6.45) is 0.0722. The van der Waals surface area contributed by atoms with Crippen LogP contribution in [0.3, 0.4) is 0 Å². The SMILES string of the molecule is COc1cc(OC)c(C(=O)Cc2ccc(C(=O)Oc3ccc(C#Cc4ccc(OC(=O)c5ccc(NC(=O)c6cc(OC)c(OC)cc6OC)cc5)cc4)cc3)cc2)cc1OC. The number of hydrogen-bond acceptors (Lipinski definition) is 12. The fourth-order valence-electron chi connectivity index (χ4n) is 6.07. The normalized spacial score (nSPS) is 10.3.